The molecule has 214 valence electrons. The van der Waals surface area contributed by atoms with E-state index in [1.807, 2.05) is 30.3 Å². The standard InChI is InChI=1S/C25H35N5O8S/c31-24(28-34)22(8-9-27-25(32)33)29-39(35,36)20-6-7-21(19-4-2-1-3-5-19)23(18-20)38-17-16-37-15-14-30-12-10-26-11-13-30/h1-7,18,22,26-27,29,34H,8-17H2,(H,28,31)(H,32,33). The van der Waals surface area contributed by atoms with Gasteiger partial charge in [-0.15, -0.1) is 0 Å². The summed E-state index contributed by atoms with van der Waals surface area (Å²) in [5.74, 6) is -0.716. The van der Waals surface area contributed by atoms with Crippen LogP contribution in [0.15, 0.2) is 53.4 Å². The van der Waals surface area contributed by atoms with Gasteiger partial charge in [-0.1, -0.05) is 30.3 Å². The number of nitrogens with one attached hydrogen (secondary N) is 4. The molecule has 1 aliphatic rings. The van der Waals surface area contributed by atoms with Crippen LogP contribution in [0.3, 0.4) is 0 Å². The number of nitrogens with zero attached hydrogens (tertiary/aromatic N) is 1. The van der Waals surface area contributed by atoms with Crippen molar-refractivity contribution in [2.24, 2.45) is 0 Å². The second-order valence-electron chi connectivity index (χ2n) is 8.75. The first-order valence-electron chi connectivity index (χ1n) is 12.6. The van der Waals surface area contributed by atoms with E-state index in [1.165, 1.54) is 17.6 Å². The number of benzene rings is 2. The van der Waals surface area contributed by atoms with Gasteiger partial charge in [0.25, 0.3) is 5.91 Å². The van der Waals surface area contributed by atoms with Crippen molar-refractivity contribution >= 4 is 22.0 Å². The lowest BCUT2D eigenvalue weighted by molar-refractivity contribution is -0.131. The largest absolute Gasteiger partial charge is 0.490 e. The van der Waals surface area contributed by atoms with Gasteiger partial charge in [-0.2, -0.15) is 4.72 Å². The number of hydrogen-bond acceptors (Lipinski definition) is 9. The Hall–Kier alpha value is -3.27. The predicted octanol–water partition coefficient (Wildman–Crippen LogP) is 0.464. The highest BCUT2D eigenvalue weighted by Gasteiger charge is 2.26. The Labute approximate surface area is 227 Å². The molecule has 1 fully saturated rings. The number of hydroxylamine groups is 1. The summed E-state index contributed by atoms with van der Waals surface area (Å²) in [5.41, 5.74) is 2.89. The van der Waals surface area contributed by atoms with Crippen LogP contribution in [-0.4, -0.2) is 101 Å². The molecule has 0 spiro atoms. The minimum atomic E-state index is -4.26. The van der Waals surface area contributed by atoms with E-state index in [1.54, 1.807) is 6.07 Å². The maximum absolute atomic E-state index is 13.1. The highest BCUT2D eigenvalue weighted by Crippen LogP contribution is 2.32. The van der Waals surface area contributed by atoms with Gasteiger partial charge in [-0.3, -0.25) is 14.9 Å². The minimum Gasteiger partial charge on any atom is -0.490 e. The normalized spacial score (nSPS) is 14.9. The zero-order valence-electron chi connectivity index (χ0n) is 21.5. The summed E-state index contributed by atoms with van der Waals surface area (Å²) in [4.78, 5) is 24.9. The third-order valence-electron chi connectivity index (χ3n) is 6.03. The highest BCUT2D eigenvalue weighted by molar-refractivity contribution is 7.89. The number of ether oxygens (including phenoxy) is 2. The predicted molar refractivity (Wildman–Crippen MR) is 142 cm³/mol. The molecule has 0 aliphatic carbocycles. The molecule has 2 amide bonds. The molecule has 6 N–H and O–H groups in total. The minimum absolute atomic E-state index is 0.168. The van der Waals surface area contributed by atoms with Crippen LogP contribution in [0.5, 0.6) is 5.75 Å². The summed E-state index contributed by atoms with van der Waals surface area (Å²) in [5, 5.41) is 23.1. The molecule has 0 radical (unpaired) electrons. The molecule has 1 saturated heterocycles. The van der Waals surface area contributed by atoms with Crippen molar-refractivity contribution < 1.29 is 37.8 Å². The number of piperazine rings is 1. The Morgan fingerprint density at radius 3 is 2.49 bits per heavy atom. The first-order chi connectivity index (χ1) is 18.8. The van der Waals surface area contributed by atoms with E-state index in [2.05, 4.69) is 20.3 Å². The van der Waals surface area contributed by atoms with Crippen LogP contribution >= 0.6 is 0 Å². The summed E-state index contributed by atoms with van der Waals surface area (Å²) in [6.45, 7) is 5.54. The molecule has 0 saturated carbocycles. The molecular formula is C25H35N5O8S. The Bertz CT molecular complexity index is 1180. The highest BCUT2D eigenvalue weighted by atomic mass is 32.2. The Kier molecular flexibility index (Phi) is 11.9. The summed E-state index contributed by atoms with van der Waals surface area (Å²) >= 11 is 0. The van der Waals surface area contributed by atoms with E-state index in [0.29, 0.717) is 24.5 Å². The summed E-state index contributed by atoms with van der Waals surface area (Å²) in [6, 6.07) is 12.2. The quantitative estimate of drug-likeness (QED) is 0.101. The van der Waals surface area contributed by atoms with E-state index in [-0.39, 0.29) is 24.5 Å². The van der Waals surface area contributed by atoms with Crippen LogP contribution in [0.4, 0.5) is 4.79 Å². The monoisotopic (exact) mass is 565 g/mol. The lowest BCUT2D eigenvalue weighted by atomic mass is 10.0. The topological polar surface area (TPSA) is 179 Å². The molecule has 1 atom stereocenters. The summed E-state index contributed by atoms with van der Waals surface area (Å²) in [6.07, 6.45) is -1.55. The van der Waals surface area contributed by atoms with E-state index in [4.69, 9.17) is 19.8 Å². The van der Waals surface area contributed by atoms with Gasteiger partial charge in [0.2, 0.25) is 10.0 Å². The van der Waals surface area contributed by atoms with Crippen molar-refractivity contribution in [1.29, 1.82) is 0 Å². The van der Waals surface area contributed by atoms with Gasteiger partial charge in [0.05, 0.1) is 18.1 Å². The number of rotatable bonds is 15. The van der Waals surface area contributed by atoms with Gasteiger partial charge in [0.15, 0.2) is 0 Å². The summed E-state index contributed by atoms with van der Waals surface area (Å²) in [7, 11) is -4.26. The second-order valence-corrected chi connectivity index (χ2v) is 10.5. The molecule has 39 heavy (non-hydrogen) atoms. The molecule has 1 aliphatic heterocycles. The van der Waals surface area contributed by atoms with Crippen LogP contribution < -0.4 is 25.6 Å². The number of carbonyl (C=O) groups is 2. The molecular weight excluding hydrogens is 530 g/mol. The average Bonchev–Trinajstić information content (AvgIpc) is 2.94. The molecule has 0 aromatic heterocycles. The first-order valence-corrected chi connectivity index (χ1v) is 14.0. The fourth-order valence-corrected chi connectivity index (χ4v) is 5.23. The molecule has 13 nitrogen and oxygen atoms in total. The van der Waals surface area contributed by atoms with E-state index >= 15 is 0 Å². The first kappa shape index (κ1) is 30.3. The lowest BCUT2D eigenvalue weighted by Gasteiger charge is -2.26. The Morgan fingerprint density at radius 1 is 1.05 bits per heavy atom. The number of sulfonamides is 1. The third-order valence-corrected chi connectivity index (χ3v) is 7.50. The Balaban J connectivity index is 1.70. The molecule has 3 rings (SSSR count). The van der Waals surface area contributed by atoms with E-state index in [0.717, 1.165) is 38.3 Å². The SMILES string of the molecule is O=C(O)NCCC(NS(=O)(=O)c1ccc(-c2ccccc2)c(OCCOCCN2CCNCC2)c1)C(=O)NO. The van der Waals surface area contributed by atoms with Crippen molar-refractivity contribution in [2.75, 3.05) is 59.1 Å². The van der Waals surface area contributed by atoms with Crippen LogP contribution in [0.2, 0.25) is 0 Å². The fourth-order valence-electron chi connectivity index (χ4n) is 3.99. The third kappa shape index (κ3) is 9.76. The van der Waals surface area contributed by atoms with Gasteiger partial charge in [0, 0.05) is 50.9 Å². The number of carbonyl (C=O) groups excluding carboxylic acids is 1. The van der Waals surface area contributed by atoms with Crippen molar-refractivity contribution in [1.82, 2.24) is 25.7 Å². The zero-order chi connectivity index (χ0) is 28.1. The molecule has 14 heteroatoms. The van der Waals surface area contributed by atoms with Crippen LogP contribution in [0, 0.1) is 0 Å². The van der Waals surface area contributed by atoms with Crippen molar-refractivity contribution in [3.63, 3.8) is 0 Å². The van der Waals surface area contributed by atoms with Crippen LogP contribution in [0.25, 0.3) is 11.1 Å². The molecule has 1 unspecified atom stereocenters. The van der Waals surface area contributed by atoms with Crippen LogP contribution in [-0.2, 0) is 19.6 Å². The molecule has 1 heterocycles. The second kappa shape index (κ2) is 15.4. The lowest BCUT2D eigenvalue weighted by Crippen LogP contribution is -2.47. The zero-order valence-corrected chi connectivity index (χ0v) is 22.3. The summed E-state index contributed by atoms with van der Waals surface area (Å²) < 4.78 is 40.1. The van der Waals surface area contributed by atoms with Crippen molar-refractivity contribution in [3.05, 3.63) is 48.5 Å². The van der Waals surface area contributed by atoms with E-state index in [9.17, 15) is 18.0 Å². The number of amides is 2. The maximum atomic E-state index is 13.1. The van der Waals surface area contributed by atoms with Crippen molar-refractivity contribution in [2.45, 2.75) is 17.4 Å². The maximum Gasteiger partial charge on any atom is 0.404 e. The number of hydrogen-bond donors (Lipinski definition) is 6. The van der Waals surface area contributed by atoms with Crippen LogP contribution in [0.1, 0.15) is 6.42 Å². The van der Waals surface area contributed by atoms with Gasteiger partial charge in [-0.25, -0.2) is 18.7 Å². The smallest absolute Gasteiger partial charge is 0.404 e. The van der Waals surface area contributed by atoms with E-state index < -0.39 is 28.1 Å². The Morgan fingerprint density at radius 2 is 1.79 bits per heavy atom. The fraction of sp³-hybridized carbons (Fsp3) is 0.440. The van der Waals surface area contributed by atoms with Gasteiger partial charge in [0.1, 0.15) is 18.4 Å². The van der Waals surface area contributed by atoms with Gasteiger partial charge in [-0.05, 0) is 24.1 Å². The van der Waals surface area contributed by atoms with Gasteiger partial charge >= 0.3 is 6.09 Å². The average molecular weight is 566 g/mol. The van der Waals surface area contributed by atoms with Crippen molar-refractivity contribution in [3.8, 4) is 16.9 Å². The molecule has 2 aromatic rings. The molecule has 0 bridgehead atoms. The molecule has 2 aromatic carbocycles. The van der Waals surface area contributed by atoms with Gasteiger partial charge < -0.3 is 25.2 Å². The number of carboxylic acid groups (broad SMARTS) is 1.